The van der Waals surface area contributed by atoms with E-state index in [1.807, 2.05) is 24.3 Å². The monoisotopic (exact) mass is 612 g/mol. The van der Waals surface area contributed by atoms with Gasteiger partial charge in [0, 0.05) is 49.4 Å². The number of rotatable bonds is 4. The lowest BCUT2D eigenvalue weighted by Crippen LogP contribution is -1.97. The maximum Gasteiger partial charge on any atom is 0.160 e. The molecule has 10 aromatic rings. The van der Waals surface area contributed by atoms with Crippen LogP contribution in [0.3, 0.4) is 0 Å². The van der Waals surface area contributed by atoms with Crippen LogP contribution >= 0.6 is 0 Å². The molecule has 0 spiro atoms. The molecule has 224 valence electrons. The minimum atomic E-state index is 0.731. The Balaban J connectivity index is 1.20. The molecule has 0 unspecified atom stereocenters. The largest absolute Gasteiger partial charge is 0.309 e. The standard InChI is InChI=1S/C44H28N4/c1-3-13-30(14-4-1)44-45-36-20-10-7-17-33(36)43(46-44)29-23-25-32(26-24-29)48-38-22-12-9-19-35(38)42-40(48)28-27-39-41(42)34-18-8-11-21-37(34)47(39)31-15-5-2-6-16-31/h1-28H. The summed E-state index contributed by atoms with van der Waals surface area (Å²) >= 11 is 0. The van der Waals surface area contributed by atoms with Gasteiger partial charge in [-0.3, -0.25) is 0 Å². The SMILES string of the molecule is c1ccc(-c2nc(-c3ccc(-n4c5ccccc5c5c6c7ccccc7n(-c7ccccc7)c6ccc54)cc3)c3ccccc3n2)cc1. The van der Waals surface area contributed by atoms with Crippen LogP contribution in [0.2, 0.25) is 0 Å². The van der Waals surface area contributed by atoms with Gasteiger partial charge in [0.2, 0.25) is 0 Å². The Bertz CT molecular complexity index is 2810. The molecule has 48 heavy (non-hydrogen) atoms. The van der Waals surface area contributed by atoms with E-state index in [-0.39, 0.29) is 0 Å². The first-order valence-corrected chi connectivity index (χ1v) is 16.3. The van der Waals surface area contributed by atoms with Gasteiger partial charge in [0.25, 0.3) is 0 Å². The number of hydrogen-bond acceptors (Lipinski definition) is 2. The molecule has 4 nitrogen and oxygen atoms in total. The normalized spacial score (nSPS) is 11.8. The Hall–Kier alpha value is -6.52. The van der Waals surface area contributed by atoms with Crippen molar-refractivity contribution < 1.29 is 0 Å². The summed E-state index contributed by atoms with van der Waals surface area (Å²) in [5.74, 6) is 0.731. The van der Waals surface area contributed by atoms with E-state index in [1.54, 1.807) is 0 Å². The number of fused-ring (bicyclic) bond motifs is 8. The number of para-hydroxylation sites is 4. The summed E-state index contributed by atoms with van der Waals surface area (Å²) in [6.07, 6.45) is 0. The minimum absolute atomic E-state index is 0.731. The fraction of sp³-hybridized carbons (Fsp3) is 0. The van der Waals surface area contributed by atoms with Crippen molar-refractivity contribution in [2.45, 2.75) is 0 Å². The third-order valence-corrected chi connectivity index (χ3v) is 9.52. The highest BCUT2D eigenvalue weighted by Crippen LogP contribution is 2.42. The maximum atomic E-state index is 5.10. The van der Waals surface area contributed by atoms with Gasteiger partial charge in [-0.15, -0.1) is 0 Å². The first-order valence-electron chi connectivity index (χ1n) is 16.3. The van der Waals surface area contributed by atoms with E-state index in [4.69, 9.17) is 9.97 Å². The molecule has 3 aromatic heterocycles. The van der Waals surface area contributed by atoms with Crippen LogP contribution < -0.4 is 0 Å². The topological polar surface area (TPSA) is 35.6 Å². The predicted octanol–water partition coefficient (Wildman–Crippen LogP) is 11.2. The molecule has 0 fully saturated rings. The molecule has 4 heteroatoms. The molecule has 0 aliphatic heterocycles. The zero-order valence-electron chi connectivity index (χ0n) is 26.0. The Morgan fingerprint density at radius 1 is 0.333 bits per heavy atom. The van der Waals surface area contributed by atoms with Crippen LogP contribution in [0.5, 0.6) is 0 Å². The summed E-state index contributed by atoms with van der Waals surface area (Å²) in [4.78, 5) is 10.0. The van der Waals surface area contributed by atoms with Crippen molar-refractivity contribution in [1.29, 1.82) is 0 Å². The quantitative estimate of drug-likeness (QED) is 0.198. The van der Waals surface area contributed by atoms with Crippen molar-refractivity contribution in [2.75, 3.05) is 0 Å². The number of aromatic nitrogens is 4. The summed E-state index contributed by atoms with van der Waals surface area (Å²) in [6, 6.07) is 60.1. The minimum Gasteiger partial charge on any atom is -0.309 e. The summed E-state index contributed by atoms with van der Waals surface area (Å²) in [7, 11) is 0. The van der Waals surface area contributed by atoms with Crippen LogP contribution in [0.25, 0.3) is 88.5 Å². The Morgan fingerprint density at radius 3 is 1.46 bits per heavy atom. The number of nitrogens with zero attached hydrogens (tertiary/aromatic N) is 4. The van der Waals surface area contributed by atoms with Crippen molar-refractivity contribution in [3.05, 3.63) is 170 Å². The van der Waals surface area contributed by atoms with Crippen molar-refractivity contribution in [3.8, 4) is 34.0 Å². The van der Waals surface area contributed by atoms with Gasteiger partial charge in [0.05, 0.1) is 33.3 Å². The third kappa shape index (κ3) is 3.96. The maximum absolute atomic E-state index is 5.10. The fourth-order valence-corrected chi connectivity index (χ4v) is 7.43. The zero-order valence-corrected chi connectivity index (χ0v) is 26.0. The second-order valence-corrected chi connectivity index (χ2v) is 12.2. The summed E-state index contributed by atoms with van der Waals surface area (Å²) in [5.41, 5.74) is 11.0. The van der Waals surface area contributed by atoms with Gasteiger partial charge >= 0.3 is 0 Å². The van der Waals surface area contributed by atoms with Gasteiger partial charge in [-0.2, -0.15) is 0 Å². The average Bonchev–Trinajstić information content (AvgIpc) is 3.68. The van der Waals surface area contributed by atoms with E-state index in [0.717, 1.165) is 44.9 Å². The number of hydrogen-bond donors (Lipinski definition) is 0. The number of benzene rings is 7. The van der Waals surface area contributed by atoms with Crippen molar-refractivity contribution >= 4 is 54.5 Å². The predicted molar refractivity (Wildman–Crippen MR) is 199 cm³/mol. The molecule has 3 heterocycles. The summed E-state index contributed by atoms with van der Waals surface area (Å²) < 4.78 is 4.79. The molecule has 0 atom stereocenters. The lowest BCUT2D eigenvalue weighted by molar-refractivity contribution is 1.17. The fourth-order valence-electron chi connectivity index (χ4n) is 7.43. The van der Waals surface area contributed by atoms with Gasteiger partial charge in [-0.05, 0) is 54.6 Å². The lowest BCUT2D eigenvalue weighted by atomic mass is 10.0. The van der Waals surface area contributed by atoms with Gasteiger partial charge in [0.15, 0.2) is 5.82 Å². The third-order valence-electron chi connectivity index (χ3n) is 9.52. The summed E-state index contributed by atoms with van der Waals surface area (Å²) in [6.45, 7) is 0. The van der Waals surface area contributed by atoms with Crippen molar-refractivity contribution in [3.63, 3.8) is 0 Å². The van der Waals surface area contributed by atoms with Gasteiger partial charge in [-0.25, -0.2) is 9.97 Å². The van der Waals surface area contributed by atoms with Crippen LogP contribution in [-0.4, -0.2) is 19.1 Å². The molecule has 0 aliphatic carbocycles. The van der Waals surface area contributed by atoms with Gasteiger partial charge < -0.3 is 9.13 Å². The lowest BCUT2D eigenvalue weighted by Gasteiger charge is -2.12. The first-order chi connectivity index (χ1) is 23.8. The van der Waals surface area contributed by atoms with Crippen molar-refractivity contribution in [1.82, 2.24) is 19.1 Å². The second kappa shape index (κ2) is 10.5. The van der Waals surface area contributed by atoms with Crippen LogP contribution in [0.15, 0.2) is 170 Å². The molecule has 0 bridgehead atoms. The van der Waals surface area contributed by atoms with Gasteiger partial charge in [-0.1, -0.05) is 115 Å². The molecular weight excluding hydrogens is 585 g/mol. The average molecular weight is 613 g/mol. The smallest absolute Gasteiger partial charge is 0.160 e. The highest BCUT2D eigenvalue weighted by Gasteiger charge is 2.20. The zero-order chi connectivity index (χ0) is 31.6. The molecule has 0 aliphatic rings. The molecule has 0 saturated carbocycles. The molecular formula is C44H28N4. The molecule has 7 aromatic carbocycles. The second-order valence-electron chi connectivity index (χ2n) is 12.2. The Kier molecular flexibility index (Phi) is 5.84. The van der Waals surface area contributed by atoms with Gasteiger partial charge in [0.1, 0.15) is 0 Å². The Labute approximate surface area is 276 Å². The molecule has 0 saturated heterocycles. The highest BCUT2D eigenvalue weighted by molar-refractivity contribution is 6.28. The molecule has 10 rings (SSSR count). The van der Waals surface area contributed by atoms with E-state index < -0.39 is 0 Å². The van der Waals surface area contributed by atoms with Crippen LogP contribution in [-0.2, 0) is 0 Å². The van der Waals surface area contributed by atoms with E-state index >= 15 is 0 Å². The first kappa shape index (κ1) is 26.7. The highest BCUT2D eigenvalue weighted by atomic mass is 15.0. The van der Waals surface area contributed by atoms with Crippen LogP contribution in [0.4, 0.5) is 0 Å². The van der Waals surface area contributed by atoms with Crippen LogP contribution in [0.1, 0.15) is 0 Å². The van der Waals surface area contributed by atoms with E-state index in [0.29, 0.717) is 0 Å². The van der Waals surface area contributed by atoms with E-state index in [1.165, 1.54) is 43.6 Å². The summed E-state index contributed by atoms with van der Waals surface area (Å²) in [5, 5.41) is 6.09. The van der Waals surface area contributed by atoms with Crippen molar-refractivity contribution in [2.24, 2.45) is 0 Å². The molecule has 0 radical (unpaired) electrons. The van der Waals surface area contributed by atoms with E-state index in [9.17, 15) is 0 Å². The van der Waals surface area contributed by atoms with E-state index in [2.05, 4.69) is 155 Å². The molecule has 0 N–H and O–H groups in total. The molecule has 0 amide bonds. The van der Waals surface area contributed by atoms with Crippen LogP contribution in [0, 0.1) is 0 Å². The Morgan fingerprint density at radius 2 is 0.833 bits per heavy atom.